The van der Waals surface area contributed by atoms with Crippen LogP contribution in [0.2, 0.25) is 0 Å². The summed E-state index contributed by atoms with van der Waals surface area (Å²) >= 11 is 0. The molecule has 1 aromatic carbocycles. The lowest BCUT2D eigenvalue weighted by atomic mass is 9.94. The van der Waals surface area contributed by atoms with E-state index in [1.54, 1.807) is 0 Å². The zero-order valence-corrected chi connectivity index (χ0v) is 22.2. The van der Waals surface area contributed by atoms with Gasteiger partial charge >= 0.3 is 0 Å². The van der Waals surface area contributed by atoms with Crippen LogP contribution in [0.1, 0.15) is 45.7 Å². The number of anilines is 1. The molecule has 1 unspecified atom stereocenters. The van der Waals surface area contributed by atoms with Gasteiger partial charge in [-0.25, -0.2) is 0 Å². The number of benzene rings is 1. The lowest BCUT2D eigenvalue weighted by Crippen LogP contribution is -2.47. The fraction of sp³-hybridized carbons (Fsp3) is 0.556. The van der Waals surface area contributed by atoms with Gasteiger partial charge in [0.1, 0.15) is 5.82 Å². The van der Waals surface area contributed by atoms with E-state index in [9.17, 15) is 0 Å². The molecule has 0 amide bonds. The van der Waals surface area contributed by atoms with Gasteiger partial charge in [0.05, 0.1) is 6.04 Å². The molecule has 0 saturated carbocycles. The van der Waals surface area contributed by atoms with Crippen LogP contribution in [0.5, 0.6) is 0 Å². The summed E-state index contributed by atoms with van der Waals surface area (Å²) in [5.74, 6) is 1.25. The molecule has 0 spiro atoms. The Labute approximate surface area is 203 Å². The summed E-state index contributed by atoms with van der Waals surface area (Å²) in [5, 5.41) is 16.9. The maximum Gasteiger partial charge on any atom is 0.102 e. The fourth-order valence-electron chi connectivity index (χ4n) is 3.88. The number of nitrogens with one attached hydrogen (secondary N) is 5. The molecule has 1 aromatic rings. The third kappa shape index (κ3) is 8.13. The number of aryl methyl sites for hydroxylation is 1. The second-order valence-corrected chi connectivity index (χ2v) is 7.57. The highest BCUT2D eigenvalue weighted by Crippen LogP contribution is 2.31. The highest BCUT2D eigenvalue weighted by atomic mass is 15.3. The Morgan fingerprint density at radius 2 is 1.67 bits per heavy atom. The number of nitrogens with zero attached hydrogens (tertiary/aromatic N) is 1. The first kappa shape index (κ1) is 28.6. The van der Waals surface area contributed by atoms with Crippen molar-refractivity contribution in [2.45, 2.75) is 47.1 Å². The Morgan fingerprint density at radius 3 is 2.21 bits per heavy atom. The molecule has 0 aromatic heterocycles. The van der Waals surface area contributed by atoms with Crippen molar-refractivity contribution in [3.05, 3.63) is 58.9 Å². The van der Waals surface area contributed by atoms with Gasteiger partial charge in [-0.05, 0) is 49.9 Å². The lowest BCUT2D eigenvalue weighted by Gasteiger charge is -2.35. The first-order valence-electron chi connectivity index (χ1n) is 12.7. The van der Waals surface area contributed by atoms with E-state index in [0.717, 1.165) is 39.1 Å². The molecule has 33 heavy (non-hydrogen) atoms. The number of rotatable bonds is 4. The molecule has 186 valence electrons. The smallest absolute Gasteiger partial charge is 0.102 e. The van der Waals surface area contributed by atoms with Crippen molar-refractivity contribution in [3.63, 3.8) is 0 Å². The second-order valence-electron chi connectivity index (χ2n) is 7.57. The SMILES string of the molecule is CC.CC.CCc1ccc2c(c1)NC(C1=CC=C(N3CCNCC3)NC1)C=C2NC.CNC. The highest BCUT2D eigenvalue weighted by molar-refractivity contribution is 5.80. The predicted molar refractivity (Wildman–Crippen MR) is 147 cm³/mol. The first-order chi connectivity index (χ1) is 16.2. The number of hydrogen-bond acceptors (Lipinski definition) is 6. The van der Waals surface area contributed by atoms with Crippen molar-refractivity contribution in [1.82, 2.24) is 26.2 Å². The molecular weight excluding hydrogens is 408 g/mol. The Bertz CT molecular complexity index is 775. The maximum atomic E-state index is 3.72. The van der Waals surface area contributed by atoms with E-state index < -0.39 is 0 Å². The van der Waals surface area contributed by atoms with Gasteiger partial charge in [-0.1, -0.05) is 52.8 Å². The van der Waals surface area contributed by atoms with E-state index in [1.807, 2.05) is 48.8 Å². The number of dihydropyridines is 1. The number of piperazine rings is 1. The van der Waals surface area contributed by atoms with Gasteiger partial charge in [-0.15, -0.1) is 0 Å². The van der Waals surface area contributed by atoms with Crippen molar-refractivity contribution in [2.75, 3.05) is 59.2 Å². The van der Waals surface area contributed by atoms with Crippen molar-refractivity contribution >= 4 is 11.4 Å². The fourth-order valence-corrected chi connectivity index (χ4v) is 3.88. The second kappa shape index (κ2) is 16.2. The molecule has 0 radical (unpaired) electrons. The summed E-state index contributed by atoms with van der Waals surface area (Å²) in [7, 11) is 5.75. The van der Waals surface area contributed by atoms with Crippen molar-refractivity contribution < 1.29 is 0 Å². The van der Waals surface area contributed by atoms with Crippen LogP contribution in [-0.4, -0.2) is 64.8 Å². The van der Waals surface area contributed by atoms with Gasteiger partial charge in [-0.3, -0.25) is 0 Å². The zero-order chi connectivity index (χ0) is 24.6. The Hall–Kier alpha value is -2.44. The van der Waals surface area contributed by atoms with E-state index in [4.69, 9.17) is 0 Å². The Kier molecular flexibility index (Phi) is 14.1. The monoisotopic (exact) mass is 456 g/mol. The molecule has 3 aliphatic rings. The highest BCUT2D eigenvalue weighted by Gasteiger charge is 2.23. The maximum absolute atomic E-state index is 3.72. The summed E-state index contributed by atoms with van der Waals surface area (Å²) in [4.78, 5) is 2.43. The molecule has 0 aliphatic carbocycles. The molecule has 1 saturated heterocycles. The molecule has 3 heterocycles. The minimum Gasteiger partial charge on any atom is -0.388 e. The van der Waals surface area contributed by atoms with Crippen LogP contribution in [-0.2, 0) is 6.42 Å². The minimum absolute atomic E-state index is 0.213. The van der Waals surface area contributed by atoms with Crippen LogP contribution >= 0.6 is 0 Å². The average molecular weight is 457 g/mol. The topological polar surface area (TPSA) is 63.4 Å². The zero-order valence-electron chi connectivity index (χ0n) is 22.2. The van der Waals surface area contributed by atoms with Gasteiger partial charge in [0.2, 0.25) is 0 Å². The lowest BCUT2D eigenvalue weighted by molar-refractivity contribution is 0.281. The van der Waals surface area contributed by atoms with Crippen molar-refractivity contribution in [1.29, 1.82) is 0 Å². The molecular formula is C27H48N6. The normalized spacial score (nSPS) is 18.5. The Morgan fingerprint density at radius 1 is 1.00 bits per heavy atom. The quantitative estimate of drug-likeness (QED) is 0.475. The van der Waals surface area contributed by atoms with Crippen LogP contribution in [0.3, 0.4) is 0 Å². The molecule has 1 fully saturated rings. The van der Waals surface area contributed by atoms with Crippen LogP contribution in [0.25, 0.3) is 5.70 Å². The number of allylic oxidation sites excluding steroid dienone is 2. The number of fused-ring (bicyclic) bond motifs is 1. The molecule has 1 atom stereocenters. The summed E-state index contributed by atoms with van der Waals surface area (Å²) in [6, 6.07) is 6.93. The third-order valence-corrected chi connectivity index (χ3v) is 5.48. The van der Waals surface area contributed by atoms with Gasteiger partial charge in [0, 0.05) is 56.7 Å². The number of hydrogen-bond donors (Lipinski definition) is 5. The third-order valence-electron chi connectivity index (χ3n) is 5.48. The van der Waals surface area contributed by atoms with Crippen LogP contribution in [0.15, 0.2) is 47.8 Å². The molecule has 5 N–H and O–H groups in total. The molecule has 6 nitrogen and oxygen atoms in total. The molecule has 4 rings (SSSR count). The van der Waals surface area contributed by atoms with Crippen LogP contribution in [0, 0.1) is 0 Å². The molecule has 3 aliphatic heterocycles. The van der Waals surface area contributed by atoms with Crippen LogP contribution in [0.4, 0.5) is 5.69 Å². The van der Waals surface area contributed by atoms with E-state index in [0.29, 0.717) is 0 Å². The average Bonchev–Trinajstić information content (AvgIpc) is 2.91. The van der Waals surface area contributed by atoms with E-state index >= 15 is 0 Å². The van der Waals surface area contributed by atoms with E-state index in [1.165, 1.54) is 33.9 Å². The van der Waals surface area contributed by atoms with Gasteiger partial charge in [0.15, 0.2) is 0 Å². The first-order valence-corrected chi connectivity index (χ1v) is 12.7. The molecule has 6 heteroatoms. The van der Waals surface area contributed by atoms with Gasteiger partial charge < -0.3 is 31.5 Å². The summed E-state index contributed by atoms with van der Waals surface area (Å²) in [6.07, 6.45) is 7.87. The van der Waals surface area contributed by atoms with Gasteiger partial charge in [-0.2, -0.15) is 0 Å². The van der Waals surface area contributed by atoms with Crippen molar-refractivity contribution in [3.8, 4) is 0 Å². The minimum atomic E-state index is 0.213. The summed E-state index contributed by atoms with van der Waals surface area (Å²) in [6.45, 7) is 15.3. The van der Waals surface area contributed by atoms with Crippen LogP contribution < -0.4 is 26.6 Å². The summed E-state index contributed by atoms with van der Waals surface area (Å²) in [5.41, 5.74) is 6.40. The molecule has 0 bridgehead atoms. The standard InChI is InChI=1S/C21H29N5.C2H7N.2C2H6/c1-3-15-4-6-17-19(22-2)13-18(25-20(17)12-15)16-5-7-21(24-14-16)26-10-8-23-9-11-26;1-3-2;2*1-2/h4-7,12-13,18,22-25H,3,8-11,14H2,1-2H3;3H,1-2H3;2*1-2H3. The van der Waals surface area contributed by atoms with Gasteiger partial charge in [0.25, 0.3) is 0 Å². The van der Waals surface area contributed by atoms with Crippen molar-refractivity contribution in [2.24, 2.45) is 0 Å². The predicted octanol–water partition coefficient (Wildman–Crippen LogP) is 3.77. The largest absolute Gasteiger partial charge is 0.388 e. The van der Waals surface area contributed by atoms with E-state index in [2.05, 4.69) is 74.8 Å². The summed E-state index contributed by atoms with van der Waals surface area (Å²) < 4.78 is 0. The van der Waals surface area contributed by atoms with E-state index in [-0.39, 0.29) is 6.04 Å². The Balaban J connectivity index is 0.000000705.